The van der Waals surface area contributed by atoms with E-state index in [1.54, 1.807) is 6.07 Å². The van der Waals surface area contributed by atoms with Crippen molar-refractivity contribution in [2.24, 2.45) is 5.73 Å². The molecule has 0 saturated heterocycles. The van der Waals surface area contributed by atoms with Crippen molar-refractivity contribution in [3.05, 3.63) is 29.7 Å². The van der Waals surface area contributed by atoms with Crippen molar-refractivity contribution in [3.8, 4) is 5.88 Å². The Morgan fingerprint density at radius 3 is 2.89 bits per heavy atom. The van der Waals surface area contributed by atoms with Gasteiger partial charge in [0.1, 0.15) is 5.82 Å². The van der Waals surface area contributed by atoms with E-state index in [0.717, 1.165) is 0 Å². The summed E-state index contributed by atoms with van der Waals surface area (Å²) in [5.74, 6) is 0.583. The van der Waals surface area contributed by atoms with Crippen molar-refractivity contribution in [1.29, 1.82) is 0 Å². The van der Waals surface area contributed by atoms with E-state index in [9.17, 15) is 4.39 Å². The lowest BCUT2D eigenvalue weighted by Crippen LogP contribution is -2.05. The molecule has 102 valence electrons. The standard InChI is InChI=1S/C12H16FN5O/c1-7(2)19-11-4-10(17-18-11)16-12-9(13)3-8(5-14)6-15-12/h3-4,6-7H,5,14H2,1-2H3,(H2,15,16,17,18). The molecule has 0 aliphatic carbocycles. The number of aromatic amines is 1. The largest absolute Gasteiger partial charge is 0.474 e. The van der Waals surface area contributed by atoms with Crippen LogP contribution >= 0.6 is 0 Å². The van der Waals surface area contributed by atoms with Gasteiger partial charge < -0.3 is 15.8 Å². The van der Waals surface area contributed by atoms with E-state index in [4.69, 9.17) is 10.5 Å². The zero-order chi connectivity index (χ0) is 13.8. The summed E-state index contributed by atoms with van der Waals surface area (Å²) in [4.78, 5) is 3.96. The quantitative estimate of drug-likeness (QED) is 0.768. The van der Waals surface area contributed by atoms with E-state index in [2.05, 4.69) is 20.5 Å². The number of hydrogen-bond acceptors (Lipinski definition) is 5. The molecule has 2 aromatic rings. The van der Waals surface area contributed by atoms with Crippen molar-refractivity contribution in [3.63, 3.8) is 0 Å². The predicted octanol–water partition coefficient (Wildman–Crippen LogP) is 1.93. The Bertz CT molecular complexity index is 555. The second-order valence-electron chi connectivity index (χ2n) is 4.29. The Morgan fingerprint density at radius 1 is 1.47 bits per heavy atom. The molecule has 0 atom stereocenters. The summed E-state index contributed by atoms with van der Waals surface area (Å²) in [6.45, 7) is 4.05. The third-order valence-corrected chi connectivity index (χ3v) is 2.30. The molecule has 7 heteroatoms. The fourth-order valence-corrected chi connectivity index (χ4v) is 1.48. The highest BCUT2D eigenvalue weighted by molar-refractivity contribution is 5.53. The van der Waals surface area contributed by atoms with E-state index < -0.39 is 5.82 Å². The maximum atomic E-state index is 13.7. The SMILES string of the molecule is CC(C)Oc1cc(Nc2ncc(CN)cc2F)[nH]n1. The number of halogens is 1. The molecule has 0 radical (unpaired) electrons. The van der Waals surface area contributed by atoms with Gasteiger partial charge in [0.05, 0.1) is 6.10 Å². The fourth-order valence-electron chi connectivity index (χ4n) is 1.48. The Labute approximate surface area is 110 Å². The van der Waals surface area contributed by atoms with E-state index in [-0.39, 0.29) is 18.5 Å². The average molecular weight is 265 g/mol. The van der Waals surface area contributed by atoms with Gasteiger partial charge in [0.2, 0.25) is 5.88 Å². The highest BCUT2D eigenvalue weighted by atomic mass is 19.1. The Kier molecular flexibility index (Phi) is 3.96. The summed E-state index contributed by atoms with van der Waals surface area (Å²) < 4.78 is 19.1. The Hall–Kier alpha value is -2.15. The lowest BCUT2D eigenvalue weighted by atomic mass is 10.3. The second kappa shape index (κ2) is 5.66. The number of ether oxygens (including phenoxy) is 1. The first kappa shape index (κ1) is 13.3. The van der Waals surface area contributed by atoms with Gasteiger partial charge in [0.15, 0.2) is 11.6 Å². The number of nitrogens with zero attached hydrogens (tertiary/aromatic N) is 2. The number of rotatable bonds is 5. The van der Waals surface area contributed by atoms with Crippen LogP contribution < -0.4 is 15.8 Å². The van der Waals surface area contributed by atoms with Gasteiger partial charge in [0.25, 0.3) is 0 Å². The van der Waals surface area contributed by atoms with Crippen LogP contribution in [0, 0.1) is 5.82 Å². The molecule has 0 amide bonds. The van der Waals surface area contributed by atoms with Crippen LogP contribution in [0.1, 0.15) is 19.4 Å². The summed E-state index contributed by atoms with van der Waals surface area (Å²) in [6.07, 6.45) is 1.54. The molecule has 6 nitrogen and oxygen atoms in total. The van der Waals surface area contributed by atoms with Crippen molar-refractivity contribution < 1.29 is 9.13 Å². The zero-order valence-electron chi connectivity index (χ0n) is 10.8. The number of pyridine rings is 1. The van der Waals surface area contributed by atoms with Gasteiger partial charge in [-0.05, 0) is 25.5 Å². The molecule has 2 rings (SSSR count). The van der Waals surface area contributed by atoms with E-state index >= 15 is 0 Å². The minimum atomic E-state index is -0.469. The summed E-state index contributed by atoms with van der Waals surface area (Å²) >= 11 is 0. The maximum Gasteiger partial charge on any atom is 0.234 e. The van der Waals surface area contributed by atoms with Crippen LogP contribution in [-0.4, -0.2) is 21.3 Å². The third kappa shape index (κ3) is 3.41. The normalized spacial score (nSPS) is 10.8. The number of anilines is 2. The van der Waals surface area contributed by atoms with Gasteiger partial charge in [-0.1, -0.05) is 0 Å². The molecule has 19 heavy (non-hydrogen) atoms. The molecular formula is C12H16FN5O. The molecule has 2 heterocycles. The molecule has 2 aromatic heterocycles. The molecule has 0 saturated carbocycles. The lowest BCUT2D eigenvalue weighted by Gasteiger charge is -2.05. The van der Waals surface area contributed by atoms with Crippen LogP contribution in [0.2, 0.25) is 0 Å². The van der Waals surface area contributed by atoms with Gasteiger partial charge in [0, 0.05) is 18.8 Å². The van der Waals surface area contributed by atoms with E-state index in [1.807, 2.05) is 13.8 Å². The Balaban J connectivity index is 2.10. The minimum Gasteiger partial charge on any atom is -0.474 e. The van der Waals surface area contributed by atoms with Crippen molar-refractivity contribution >= 4 is 11.6 Å². The van der Waals surface area contributed by atoms with Crippen LogP contribution in [0.5, 0.6) is 5.88 Å². The first-order valence-electron chi connectivity index (χ1n) is 5.92. The molecule has 0 unspecified atom stereocenters. The predicted molar refractivity (Wildman–Crippen MR) is 69.7 cm³/mol. The highest BCUT2D eigenvalue weighted by Crippen LogP contribution is 2.20. The van der Waals surface area contributed by atoms with Crippen molar-refractivity contribution in [2.75, 3.05) is 5.32 Å². The molecule has 0 aromatic carbocycles. The summed E-state index contributed by atoms with van der Waals surface area (Å²) in [5.41, 5.74) is 6.05. The van der Waals surface area contributed by atoms with Crippen LogP contribution in [0.15, 0.2) is 18.3 Å². The van der Waals surface area contributed by atoms with Gasteiger partial charge in [-0.25, -0.2) is 9.37 Å². The molecular weight excluding hydrogens is 249 g/mol. The number of aromatic nitrogens is 3. The first-order valence-corrected chi connectivity index (χ1v) is 5.92. The monoisotopic (exact) mass is 265 g/mol. The number of nitrogens with two attached hydrogens (primary N) is 1. The van der Waals surface area contributed by atoms with Crippen LogP contribution in [0.25, 0.3) is 0 Å². The minimum absolute atomic E-state index is 0.0230. The fraction of sp³-hybridized carbons (Fsp3) is 0.333. The molecule has 0 spiro atoms. The topological polar surface area (TPSA) is 88.9 Å². The average Bonchev–Trinajstić information content (AvgIpc) is 2.78. The molecule has 0 fully saturated rings. The van der Waals surface area contributed by atoms with Crippen molar-refractivity contribution in [1.82, 2.24) is 15.2 Å². The smallest absolute Gasteiger partial charge is 0.234 e. The molecule has 4 N–H and O–H groups in total. The van der Waals surface area contributed by atoms with Gasteiger partial charge in [-0.2, -0.15) is 0 Å². The zero-order valence-corrected chi connectivity index (χ0v) is 10.8. The van der Waals surface area contributed by atoms with Gasteiger partial charge in [-0.3, -0.25) is 5.10 Å². The van der Waals surface area contributed by atoms with Crippen LogP contribution in [-0.2, 0) is 6.54 Å². The highest BCUT2D eigenvalue weighted by Gasteiger charge is 2.08. The van der Waals surface area contributed by atoms with Gasteiger partial charge in [-0.15, -0.1) is 5.10 Å². The first-order chi connectivity index (χ1) is 9.08. The Morgan fingerprint density at radius 2 is 2.26 bits per heavy atom. The maximum absolute atomic E-state index is 13.7. The summed E-state index contributed by atoms with van der Waals surface area (Å²) in [5, 5.41) is 9.43. The molecule has 0 aliphatic rings. The van der Waals surface area contributed by atoms with E-state index in [0.29, 0.717) is 17.3 Å². The molecule has 0 bridgehead atoms. The second-order valence-corrected chi connectivity index (χ2v) is 4.29. The van der Waals surface area contributed by atoms with Gasteiger partial charge >= 0.3 is 0 Å². The summed E-state index contributed by atoms with van der Waals surface area (Å²) in [6, 6.07) is 2.98. The molecule has 0 aliphatic heterocycles. The van der Waals surface area contributed by atoms with Crippen LogP contribution in [0.3, 0.4) is 0 Å². The lowest BCUT2D eigenvalue weighted by molar-refractivity contribution is 0.232. The van der Waals surface area contributed by atoms with Crippen molar-refractivity contribution in [2.45, 2.75) is 26.5 Å². The van der Waals surface area contributed by atoms with E-state index in [1.165, 1.54) is 12.3 Å². The van der Waals surface area contributed by atoms with Crippen LogP contribution in [0.4, 0.5) is 16.0 Å². The summed E-state index contributed by atoms with van der Waals surface area (Å²) in [7, 11) is 0. The number of hydrogen-bond donors (Lipinski definition) is 3. The number of nitrogens with one attached hydrogen (secondary N) is 2. The number of H-pyrrole nitrogens is 1. The third-order valence-electron chi connectivity index (χ3n) is 2.30.